The lowest BCUT2D eigenvalue weighted by atomic mass is 10.0. The topological polar surface area (TPSA) is 68.6 Å². The monoisotopic (exact) mass is 492 g/mol. The van der Waals surface area contributed by atoms with Crippen LogP contribution in [-0.2, 0) is 21.8 Å². The van der Waals surface area contributed by atoms with E-state index >= 15 is 0 Å². The fraction of sp³-hybridized carbons (Fsp3) is 0.407. The first kappa shape index (κ1) is 24.1. The van der Waals surface area contributed by atoms with Crippen molar-refractivity contribution in [1.82, 2.24) is 20.0 Å². The van der Waals surface area contributed by atoms with E-state index in [9.17, 15) is 4.79 Å². The van der Waals surface area contributed by atoms with Crippen molar-refractivity contribution in [3.05, 3.63) is 77.0 Å². The number of rotatable bonds is 7. The van der Waals surface area contributed by atoms with Crippen molar-refractivity contribution in [2.24, 2.45) is 0 Å². The molecule has 0 bridgehead atoms. The second kappa shape index (κ2) is 11.0. The van der Waals surface area contributed by atoms with Gasteiger partial charge in [0.25, 0.3) is 5.91 Å². The highest BCUT2D eigenvalue weighted by molar-refractivity contribution is 8.02. The number of benzene rings is 1. The molecule has 4 heterocycles. The van der Waals surface area contributed by atoms with Crippen LogP contribution in [0.3, 0.4) is 0 Å². The van der Waals surface area contributed by atoms with Crippen LogP contribution >= 0.6 is 11.8 Å². The summed E-state index contributed by atoms with van der Waals surface area (Å²) < 4.78 is 12.9. The Morgan fingerprint density at radius 3 is 2.63 bits per heavy atom. The Morgan fingerprint density at radius 1 is 1.14 bits per heavy atom. The van der Waals surface area contributed by atoms with Gasteiger partial charge in [-0.3, -0.25) is 4.79 Å². The highest BCUT2D eigenvalue weighted by Gasteiger charge is 2.32. The molecule has 3 aliphatic heterocycles. The predicted molar refractivity (Wildman–Crippen MR) is 140 cm³/mol. The molecule has 35 heavy (non-hydrogen) atoms. The van der Waals surface area contributed by atoms with Crippen LogP contribution in [0.4, 0.5) is 0 Å². The van der Waals surface area contributed by atoms with Crippen LogP contribution in [0.1, 0.15) is 40.2 Å². The Balaban J connectivity index is 1.46. The van der Waals surface area contributed by atoms with Crippen LogP contribution in [0.5, 0.6) is 0 Å². The molecule has 0 radical (unpaired) electrons. The second-order valence-corrected chi connectivity index (χ2v) is 9.95. The van der Waals surface area contributed by atoms with Crippen LogP contribution in [0.2, 0.25) is 0 Å². The quantitative estimate of drug-likeness (QED) is 0.632. The number of carbonyl (C=O) groups is 1. The molecule has 0 spiro atoms. The molecule has 1 aromatic heterocycles. The molecule has 5 rings (SSSR count). The van der Waals surface area contributed by atoms with Crippen molar-refractivity contribution in [3.8, 4) is 5.69 Å². The number of carbonyl (C=O) groups excluding carboxylic acids is 1. The molecule has 1 N–H and O–H groups in total. The molecule has 2 fully saturated rings. The van der Waals surface area contributed by atoms with Gasteiger partial charge in [-0.05, 0) is 30.5 Å². The molecule has 184 valence electrons. The number of morpholine rings is 1. The number of amides is 1. The van der Waals surface area contributed by atoms with Gasteiger partial charge in [0.05, 0.1) is 31.2 Å². The van der Waals surface area contributed by atoms with E-state index in [1.165, 1.54) is 5.56 Å². The maximum atomic E-state index is 13.5. The molecule has 1 unspecified atom stereocenters. The minimum absolute atomic E-state index is 0.0371. The van der Waals surface area contributed by atoms with Gasteiger partial charge in [0.1, 0.15) is 0 Å². The van der Waals surface area contributed by atoms with Crippen molar-refractivity contribution in [2.75, 3.05) is 39.5 Å². The summed E-state index contributed by atoms with van der Waals surface area (Å²) in [5.41, 5.74) is 5.47. The Bertz CT molecular complexity index is 1130. The van der Waals surface area contributed by atoms with Gasteiger partial charge in [0.15, 0.2) is 5.69 Å². The van der Waals surface area contributed by atoms with Gasteiger partial charge in [-0.25, -0.2) is 4.68 Å². The van der Waals surface area contributed by atoms with E-state index in [4.69, 9.17) is 14.6 Å². The van der Waals surface area contributed by atoms with Gasteiger partial charge in [-0.15, -0.1) is 11.8 Å². The molecule has 1 amide bonds. The predicted octanol–water partition coefficient (Wildman–Crippen LogP) is 3.94. The summed E-state index contributed by atoms with van der Waals surface area (Å²) in [7, 11) is 0. The average Bonchev–Trinajstić information content (AvgIpc) is 3.32. The Kier molecular flexibility index (Phi) is 7.53. The lowest BCUT2D eigenvalue weighted by Crippen LogP contribution is -2.41. The first-order valence-corrected chi connectivity index (χ1v) is 13.2. The summed E-state index contributed by atoms with van der Waals surface area (Å²) >= 11 is 1.67. The molecule has 7 nitrogen and oxygen atoms in total. The van der Waals surface area contributed by atoms with Crippen molar-refractivity contribution in [1.29, 1.82) is 0 Å². The highest BCUT2D eigenvalue weighted by Crippen LogP contribution is 2.41. The zero-order chi connectivity index (χ0) is 24.2. The maximum Gasteiger partial charge on any atom is 0.274 e. The third-order valence-electron chi connectivity index (χ3n) is 6.70. The number of thioether (sulfide) groups is 1. The number of nitrogens with zero attached hydrogens (tertiary/aromatic N) is 3. The number of ether oxygens (including phenoxy) is 2. The second-order valence-electron chi connectivity index (χ2n) is 8.93. The molecule has 8 heteroatoms. The first-order valence-electron chi connectivity index (χ1n) is 12.2. The molecular weight excluding hydrogens is 460 g/mol. The maximum absolute atomic E-state index is 13.5. The summed E-state index contributed by atoms with van der Waals surface area (Å²) in [5.74, 6) is 0.634. The largest absolute Gasteiger partial charge is 0.380 e. The minimum Gasteiger partial charge on any atom is -0.380 e. The molecule has 1 atom stereocenters. The third kappa shape index (κ3) is 5.02. The third-order valence-corrected chi connectivity index (χ3v) is 7.83. The lowest BCUT2D eigenvalue weighted by Gasteiger charge is -2.26. The number of allylic oxidation sites excluding steroid dienone is 3. The summed E-state index contributed by atoms with van der Waals surface area (Å²) in [5, 5.41) is 8.47. The zero-order valence-electron chi connectivity index (χ0n) is 20.0. The molecular formula is C27H32N4O3S. The molecule has 2 aromatic rings. The smallest absolute Gasteiger partial charge is 0.274 e. The number of hydrogen-bond acceptors (Lipinski definition) is 6. The van der Waals surface area contributed by atoms with Crippen LogP contribution in [0, 0.1) is 0 Å². The lowest BCUT2D eigenvalue weighted by molar-refractivity contribution is 0.0298. The SMILES string of the molecule is C=CC1=C(C=C)c2c(c(C(=O)N3CCOCC3)nn2-c2ccc(CNC3CCCOC3)cc2)CS1. The number of hydrogen-bond donors (Lipinski definition) is 1. The van der Waals surface area contributed by atoms with Crippen molar-refractivity contribution >= 4 is 23.2 Å². The molecule has 3 aliphatic rings. The van der Waals surface area contributed by atoms with Gasteiger partial charge in [-0.1, -0.05) is 37.4 Å². The van der Waals surface area contributed by atoms with Gasteiger partial charge in [-0.2, -0.15) is 5.10 Å². The fourth-order valence-electron chi connectivity index (χ4n) is 4.77. The summed E-state index contributed by atoms with van der Waals surface area (Å²) in [6, 6.07) is 8.78. The van der Waals surface area contributed by atoms with Crippen LogP contribution in [-0.4, -0.2) is 66.1 Å². The Hall–Kier alpha value is -2.65. The fourth-order valence-corrected chi connectivity index (χ4v) is 5.79. The average molecular weight is 493 g/mol. The standard InChI is InChI=1S/C27H32N4O3S/c1-3-22-24(4-2)35-18-23-25(27(32)30-11-14-33-15-12-30)29-31(26(22)23)21-9-7-19(8-10-21)16-28-20-6-5-13-34-17-20/h3-4,7-10,20,28H,1-2,5-6,11-18H2. The van der Waals surface area contributed by atoms with Crippen molar-refractivity contribution in [2.45, 2.75) is 31.2 Å². The zero-order valence-corrected chi connectivity index (χ0v) is 20.8. The number of aromatic nitrogens is 2. The van der Waals surface area contributed by atoms with Crippen LogP contribution in [0.15, 0.2) is 54.5 Å². The highest BCUT2D eigenvalue weighted by atomic mass is 32.2. The summed E-state index contributed by atoms with van der Waals surface area (Å²) in [6.07, 6.45) is 5.96. The Morgan fingerprint density at radius 2 is 1.94 bits per heavy atom. The molecule has 2 saturated heterocycles. The van der Waals surface area contributed by atoms with E-state index in [1.54, 1.807) is 11.8 Å². The van der Waals surface area contributed by atoms with E-state index in [1.807, 2.05) is 21.7 Å². The van der Waals surface area contributed by atoms with E-state index in [2.05, 4.69) is 42.7 Å². The van der Waals surface area contributed by atoms with Gasteiger partial charge >= 0.3 is 0 Å². The van der Waals surface area contributed by atoms with Crippen molar-refractivity contribution in [3.63, 3.8) is 0 Å². The van der Waals surface area contributed by atoms with Gasteiger partial charge < -0.3 is 19.7 Å². The van der Waals surface area contributed by atoms with Crippen LogP contribution in [0.25, 0.3) is 11.3 Å². The first-order chi connectivity index (χ1) is 17.2. The van der Waals surface area contributed by atoms with E-state index in [0.29, 0.717) is 43.8 Å². The molecule has 0 aliphatic carbocycles. The van der Waals surface area contributed by atoms with E-state index < -0.39 is 0 Å². The Labute approximate surface area is 210 Å². The summed E-state index contributed by atoms with van der Waals surface area (Å²) in [4.78, 5) is 16.3. The summed E-state index contributed by atoms with van der Waals surface area (Å²) in [6.45, 7) is 12.8. The number of fused-ring (bicyclic) bond motifs is 1. The van der Waals surface area contributed by atoms with Gasteiger partial charge in [0.2, 0.25) is 0 Å². The molecule has 1 aromatic carbocycles. The number of nitrogens with one attached hydrogen (secondary N) is 1. The minimum atomic E-state index is -0.0371. The van der Waals surface area contributed by atoms with Crippen LogP contribution < -0.4 is 5.32 Å². The van der Waals surface area contributed by atoms with Gasteiger partial charge in [0, 0.05) is 54.1 Å². The van der Waals surface area contributed by atoms with Crippen molar-refractivity contribution < 1.29 is 14.3 Å². The van der Waals surface area contributed by atoms with E-state index in [-0.39, 0.29) is 5.91 Å². The molecule has 0 saturated carbocycles. The normalized spacial score (nSPS) is 20.5. The van der Waals surface area contributed by atoms with E-state index in [0.717, 1.165) is 60.0 Å².